The SMILES string of the molecule is COc1ccc(CCNC(=O)CCCN(c2ccc(F)c(F)c2)S(C)(=O)=O)cc1. The molecule has 2 rings (SSSR count). The lowest BCUT2D eigenvalue weighted by Gasteiger charge is -2.22. The van der Waals surface area contributed by atoms with Crippen LogP contribution in [-0.2, 0) is 21.2 Å². The average Bonchev–Trinajstić information content (AvgIpc) is 2.67. The topological polar surface area (TPSA) is 75.7 Å². The first kappa shape index (κ1) is 22.6. The van der Waals surface area contributed by atoms with Crippen molar-refractivity contribution in [2.75, 3.05) is 30.8 Å². The fraction of sp³-hybridized carbons (Fsp3) is 0.350. The zero-order valence-corrected chi connectivity index (χ0v) is 17.1. The van der Waals surface area contributed by atoms with E-state index in [-0.39, 0.29) is 31.0 Å². The van der Waals surface area contributed by atoms with E-state index in [2.05, 4.69) is 5.32 Å². The molecule has 0 saturated carbocycles. The number of benzene rings is 2. The van der Waals surface area contributed by atoms with Crippen molar-refractivity contribution in [2.24, 2.45) is 0 Å². The molecule has 9 heteroatoms. The third kappa shape index (κ3) is 7.01. The van der Waals surface area contributed by atoms with Crippen LogP contribution in [-0.4, -0.2) is 40.8 Å². The molecule has 0 bridgehead atoms. The van der Waals surface area contributed by atoms with Gasteiger partial charge in [0.2, 0.25) is 15.9 Å². The first-order chi connectivity index (χ1) is 13.7. The number of nitrogens with one attached hydrogen (secondary N) is 1. The van der Waals surface area contributed by atoms with E-state index in [0.717, 1.165) is 34.0 Å². The smallest absolute Gasteiger partial charge is 0.232 e. The Morgan fingerprint density at radius 1 is 1.10 bits per heavy atom. The Kier molecular flexibility index (Phi) is 7.95. The van der Waals surface area contributed by atoms with E-state index < -0.39 is 21.7 Å². The summed E-state index contributed by atoms with van der Waals surface area (Å²) in [5.41, 5.74) is 1.07. The number of sulfonamides is 1. The maximum atomic E-state index is 13.4. The van der Waals surface area contributed by atoms with Crippen LogP contribution in [0.1, 0.15) is 18.4 Å². The van der Waals surface area contributed by atoms with E-state index in [9.17, 15) is 22.0 Å². The Balaban J connectivity index is 1.82. The van der Waals surface area contributed by atoms with Crippen LogP contribution in [0.5, 0.6) is 5.75 Å². The number of carbonyl (C=O) groups excluding carboxylic acids is 1. The van der Waals surface area contributed by atoms with Crippen LogP contribution in [0, 0.1) is 11.6 Å². The number of methoxy groups -OCH3 is 1. The molecule has 0 aliphatic heterocycles. The molecule has 29 heavy (non-hydrogen) atoms. The van der Waals surface area contributed by atoms with Crippen LogP contribution in [0.15, 0.2) is 42.5 Å². The summed E-state index contributed by atoms with van der Waals surface area (Å²) in [4.78, 5) is 12.0. The fourth-order valence-corrected chi connectivity index (χ4v) is 3.69. The Morgan fingerprint density at radius 3 is 2.38 bits per heavy atom. The first-order valence-electron chi connectivity index (χ1n) is 9.03. The lowest BCUT2D eigenvalue weighted by molar-refractivity contribution is -0.121. The van der Waals surface area contributed by atoms with Crippen molar-refractivity contribution < 1.29 is 26.7 Å². The molecule has 0 fully saturated rings. The van der Waals surface area contributed by atoms with Gasteiger partial charge in [-0.25, -0.2) is 17.2 Å². The normalized spacial score (nSPS) is 11.2. The van der Waals surface area contributed by atoms with Crippen LogP contribution in [0.25, 0.3) is 0 Å². The minimum Gasteiger partial charge on any atom is -0.497 e. The fourth-order valence-electron chi connectivity index (χ4n) is 2.74. The Hall–Kier alpha value is -2.68. The molecule has 0 radical (unpaired) electrons. The zero-order valence-electron chi connectivity index (χ0n) is 16.3. The summed E-state index contributed by atoms with van der Waals surface area (Å²) in [7, 11) is -2.11. The average molecular weight is 426 g/mol. The third-order valence-corrected chi connectivity index (χ3v) is 5.45. The second-order valence-corrected chi connectivity index (χ2v) is 8.39. The molecule has 6 nitrogen and oxygen atoms in total. The van der Waals surface area contributed by atoms with E-state index in [1.165, 1.54) is 6.07 Å². The summed E-state index contributed by atoms with van der Waals surface area (Å²) < 4.78 is 56.5. The molecule has 0 aromatic heterocycles. The molecule has 0 aliphatic carbocycles. The van der Waals surface area contributed by atoms with Crippen LogP contribution in [0.4, 0.5) is 14.5 Å². The molecule has 158 valence electrons. The van der Waals surface area contributed by atoms with E-state index in [1.54, 1.807) is 7.11 Å². The van der Waals surface area contributed by atoms with Gasteiger partial charge in [-0.1, -0.05) is 12.1 Å². The van der Waals surface area contributed by atoms with Crippen molar-refractivity contribution in [3.63, 3.8) is 0 Å². The number of ether oxygens (including phenoxy) is 1. The monoisotopic (exact) mass is 426 g/mol. The molecule has 1 N–H and O–H groups in total. The third-order valence-electron chi connectivity index (χ3n) is 4.25. The lowest BCUT2D eigenvalue weighted by Crippen LogP contribution is -2.32. The van der Waals surface area contributed by atoms with Gasteiger partial charge in [0.05, 0.1) is 19.1 Å². The largest absolute Gasteiger partial charge is 0.497 e. The summed E-state index contributed by atoms with van der Waals surface area (Å²) in [6, 6.07) is 10.4. The molecule has 2 aromatic carbocycles. The molecule has 0 aliphatic rings. The number of hydrogen-bond acceptors (Lipinski definition) is 4. The maximum absolute atomic E-state index is 13.4. The van der Waals surface area contributed by atoms with Gasteiger partial charge in [-0.15, -0.1) is 0 Å². The van der Waals surface area contributed by atoms with Gasteiger partial charge in [0.1, 0.15) is 5.75 Å². The van der Waals surface area contributed by atoms with Gasteiger partial charge in [-0.05, 0) is 42.7 Å². The maximum Gasteiger partial charge on any atom is 0.232 e. The highest BCUT2D eigenvalue weighted by Gasteiger charge is 2.19. The zero-order chi connectivity index (χ0) is 21.4. The highest BCUT2D eigenvalue weighted by molar-refractivity contribution is 7.92. The van der Waals surface area contributed by atoms with Gasteiger partial charge < -0.3 is 10.1 Å². The number of nitrogens with zero attached hydrogens (tertiary/aromatic N) is 1. The summed E-state index contributed by atoms with van der Waals surface area (Å²) in [5.74, 6) is -1.64. The summed E-state index contributed by atoms with van der Waals surface area (Å²) in [5, 5.41) is 2.78. The van der Waals surface area contributed by atoms with Gasteiger partial charge in [0.25, 0.3) is 0 Å². The number of anilines is 1. The van der Waals surface area contributed by atoms with Crippen LogP contribution in [0.3, 0.4) is 0 Å². The predicted molar refractivity (Wildman–Crippen MR) is 107 cm³/mol. The van der Waals surface area contributed by atoms with E-state index in [4.69, 9.17) is 4.74 Å². The van der Waals surface area contributed by atoms with E-state index >= 15 is 0 Å². The molecule has 0 unspecified atom stereocenters. The number of halogens is 2. The lowest BCUT2D eigenvalue weighted by atomic mass is 10.1. The summed E-state index contributed by atoms with van der Waals surface area (Å²) >= 11 is 0. The van der Waals surface area contributed by atoms with E-state index in [1.807, 2.05) is 24.3 Å². The molecule has 2 aromatic rings. The molecule has 0 heterocycles. The minimum absolute atomic E-state index is 0.0181. The second-order valence-electron chi connectivity index (χ2n) is 6.49. The van der Waals surface area contributed by atoms with Gasteiger partial charge in [0.15, 0.2) is 11.6 Å². The highest BCUT2D eigenvalue weighted by Crippen LogP contribution is 2.21. The van der Waals surface area contributed by atoms with Crippen molar-refractivity contribution in [3.8, 4) is 5.75 Å². The molecule has 0 spiro atoms. The van der Waals surface area contributed by atoms with Gasteiger partial charge in [0, 0.05) is 25.6 Å². The number of rotatable bonds is 10. The van der Waals surface area contributed by atoms with Gasteiger partial charge in [-0.3, -0.25) is 9.10 Å². The first-order valence-corrected chi connectivity index (χ1v) is 10.9. The van der Waals surface area contributed by atoms with Crippen molar-refractivity contribution in [1.82, 2.24) is 5.32 Å². The predicted octanol–water partition coefficient (Wildman–Crippen LogP) is 2.88. The van der Waals surface area contributed by atoms with Crippen LogP contribution < -0.4 is 14.4 Å². The van der Waals surface area contributed by atoms with Crippen molar-refractivity contribution in [3.05, 3.63) is 59.7 Å². The van der Waals surface area contributed by atoms with Crippen LogP contribution in [0.2, 0.25) is 0 Å². The van der Waals surface area contributed by atoms with Crippen molar-refractivity contribution >= 4 is 21.6 Å². The minimum atomic E-state index is -3.70. The molecular formula is C20H24F2N2O4S. The number of carbonyl (C=O) groups is 1. The quantitative estimate of drug-likeness (QED) is 0.634. The Morgan fingerprint density at radius 2 is 1.79 bits per heavy atom. The summed E-state index contributed by atoms with van der Waals surface area (Å²) in [6.45, 7) is 0.430. The van der Waals surface area contributed by atoms with Crippen molar-refractivity contribution in [1.29, 1.82) is 0 Å². The number of hydrogen-bond donors (Lipinski definition) is 1. The van der Waals surface area contributed by atoms with Crippen LogP contribution >= 0.6 is 0 Å². The second kappa shape index (κ2) is 10.2. The van der Waals surface area contributed by atoms with E-state index in [0.29, 0.717) is 13.0 Å². The molecule has 0 atom stereocenters. The highest BCUT2D eigenvalue weighted by atomic mass is 32.2. The Labute approximate surface area is 169 Å². The van der Waals surface area contributed by atoms with Gasteiger partial charge in [-0.2, -0.15) is 0 Å². The van der Waals surface area contributed by atoms with Crippen molar-refractivity contribution in [2.45, 2.75) is 19.3 Å². The molecular weight excluding hydrogens is 402 g/mol. The molecule has 0 saturated heterocycles. The van der Waals surface area contributed by atoms with Gasteiger partial charge >= 0.3 is 0 Å². The molecule has 1 amide bonds. The summed E-state index contributed by atoms with van der Waals surface area (Å²) in [6.07, 6.45) is 1.97. The standard InChI is InChI=1S/C20H24F2N2O4S/c1-28-17-8-5-15(6-9-17)11-12-23-20(25)4-3-13-24(29(2,26)27)16-7-10-18(21)19(22)14-16/h5-10,14H,3-4,11-13H2,1-2H3,(H,23,25). The number of amides is 1. The Bertz CT molecular complexity index is 934.